The third kappa shape index (κ3) is 10.7. The van der Waals surface area contributed by atoms with E-state index in [0.717, 1.165) is 20.8 Å². The van der Waals surface area contributed by atoms with E-state index in [2.05, 4.69) is 0 Å². The van der Waals surface area contributed by atoms with Crippen LogP contribution in [0.1, 0.15) is 51.8 Å². The van der Waals surface area contributed by atoms with E-state index >= 15 is 0 Å². The summed E-state index contributed by atoms with van der Waals surface area (Å²) >= 11 is 0. The van der Waals surface area contributed by atoms with Crippen LogP contribution in [0.4, 0.5) is 0 Å². The number of carbonyl (C=O) groups excluding carboxylic acids is 6. The van der Waals surface area contributed by atoms with E-state index in [4.69, 9.17) is 47.4 Å². The first kappa shape index (κ1) is 40.5. The second-order valence-electron chi connectivity index (χ2n) is 12.3. The average molecular weight is 765 g/mol. The molecule has 0 radical (unpaired) electrons. The van der Waals surface area contributed by atoms with Gasteiger partial charge in [-0.05, 0) is 36.4 Å². The fourth-order valence-electron chi connectivity index (χ4n) is 5.94. The van der Waals surface area contributed by atoms with Gasteiger partial charge in [-0.2, -0.15) is 0 Å². The highest BCUT2D eigenvalue weighted by molar-refractivity contribution is 5.91. The molecule has 3 unspecified atom stereocenters. The predicted molar refractivity (Wildman–Crippen MR) is 185 cm³/mol. The fraction of sp³-hybridized carbons (Fsp3) is 0.385. The van der Waals surface area contributed by atoms with Gasteiger partial charge in [-0.1, -0.05) is 54.6 Å². The third-order valence-electron chi connectivity index (χ3n) is 8.31. The van der Waals surface area contributed by atoms with Gasteiger partial charge in [0.15, 0.2) is 49.2 Å². The number of esters is 6. The Morgan fingerprint density at radius 3 is 1.42 bits per heavy atom. The van der Waals surface area contributed by atoms with Gasteiger partial charge < -0.3 is 47.4 Å². The maximum atomic E-state index is 13.6. The number of carbonyl (C=O) groups is 6. The fourth-order valence-corrected chi connectivity index (χ4v) is 5.94. The van der Waals surface area contributed by atoms with Crippen LogP contribution in [-0.2, 0) is 61.8 Å². The molecule has 2 aliphatic heterocycles. The van der Waals surface area contributed by atoms with Crippen molar-refractivity contribution in [1.29, 1.82) is 0 Å². The lowest BCUT2D eigenvalue weighted by Crippen LogP contribution is -2.63. The molecule has 2 heterocycles. The predicted octanol–water partition coefficient (Wildman–Crippen LogP) is 3.20. The van der Waals surface area contributed by atoms with Crippen LogP contribution in [0.5, 0.6) is 0 Å². The van der Waals surface area contributed by atoms with Crippen LogP contribution in [0.2, 0.25) is 0 Å². The lowest BCUT2D eigenvalue weighted by Gasteiger charge is -2.45. The Hall–Kier alpha value is -5.68. The number of benzene rings is 3. The van der Waals surface area contributed by atoms with Crippen molar-refractivity contribution in [3.05, 3.63) is 108 Å². The zero-order chi connectivity index (χ0) is 39.5. The SMILES string of the molecule is CO[C@@H]1OC(CO[C@@H]2OC[C@H](OC(=O)c3ccccc3)[C@H](OC(=O)c3ccccc3)C2OC(=O)c2ccccc2)[C@H](OC(C)=O)[C@H](OC(C)=O)C1OC(C)=O. The smallest absolute Gasteiger partial charge is 0.338 e. The second kappa shape index (κ2) is 19.1. The zero-order valence-corrected chi connectivity index (χ0v) is 30.3. The molecule has 3 aromatic carbocycles. The molecule has 2 fully saturated rings. The van der Waals surface area contributed by atoms with Gasteiger partial charge in [0, 0.05) is 27.9 Å². The van der Waals surface area contributed by atoms with Gasteiger partial charge in [-0.15, -0.1) is 0 Å². The molecule has 9 atom stereocenters. The normalized spacial score (nSPS) is 26.1. The van der Waals surface area contributed by atoms with Gasteiger partial charge in [0.05, 0.1) is 29.9 Å². The van der Waals surface area contributed by atoms with Gasteiger partial charge in [0.25, 0.3) is 0 Å². The molecular weight excluding hydrogens is 724 g/mol. The summed E-state index contributed by atoms with van der Waals surface area (Å²) in [5.41, 5.74) is 0.476. The first-order valence-corrected chi connectivity index (χ1v) is 17.2. The number of hydrogen-bond acceptors (Lipinski definition) is 16. The van der Waals surface area contributed by atoms with Crippen LogP contribution < -0.4 is 0 Å². The van der Waals surface area contributed by atoms with Gasteiger partial charge >= 0.3 is 35.8 Å². The van der Waals surface area contributed by atoms with Crippen LogP contribution in [-0.4, -0.2) is 111 Å². The minimum Gasteiger partial charge on any atom is -0.456 e. The first-order chi connectivity index (χ1) is 26.4. The Morgan fingerprint density at radius 1 is 0.527 bits per heavy atom. The van der Waals surface area contributed by atoms with Gasteiger partial charge in [0.2, 0.25) is 0 Å². The standard InChI is InChI=1S/C39H40O16/c1-22(40)49-30-29(53-38(46-4)34(51-24(3)42)32(30)50-23(2)41)21-48-39-33(55-37(45)27-18-12-7-13-19-27)31(54-36(44)26-16-10-6-11-17-26)28(20-47-39)52-35(43)25-14-8-5-9-15-25/h5-19,28-34,38-39H,20-21H2,1-4H3/t28-,29?,30-,31-,32-,33?,34?,38+,39-/m0/s1. The maximum absolute atomic E-state index is 13.6. The lowest BCUT2D eigenvalue weighted by atomic mass is 9.98. The molecule has 0 amide bonds. The average Bonchev–Trinajstić information content (AvgIpc) is 3.17. The van der Waals surface area contributed by atoms with Crippen LogP contribution in [0.15, 0.2) is 91.0 Å². The summed E-state index contributed by atoms with van der Waals surface area (Å²) in [6, 6.07) is 23.9. The highest BCUT2D eigenvalue weighted by Crippen LogP contribution is 2.32. The van der Waals surface area contributed by atoms with Gasteiger partial charge in [-0.25, -0.2) is 14.4 Å². The molecule has 16 nitrogen and oxygen atoms in total. The molecule has 0 aliphatic carbocycles. The molecule has 2 saturated heterocycles. The highest BCUT2D eigenvalue weighted by Gasteiger charge is 2.54. The molecule has 292 valence electrons. The Labute approximate surface area is 315 Å². The Morgan fingerprint density at radius 2 is 0.945 bits per heavy atom. The molecule has 2 aliphatic rings. The van der Waals surface area contributed by atoms with E-state index in [1.54, 1.807) is 54.6 Å². The molecule has 0 aromatic heterocycles. The molecule has 0 bridgehead atoms. The number of rotatable bonds is 13. The van der Waals surface area contributed by atoms with Gasteiger partial charge in [-0.3, -0.25) is 14.4 Å². The molecule has 0 N–H and O–H groups in total. The van der Waals surface area contributed by atoms with Crippen LogP contribution in [0, 0.1) is 0 Å². The summed E-state index contributed by atoms with van der Waals surface area (Å²) in [5.74, 6) is -4.81. The topological polar surface area (TPSA) is 195 Å². The number of ether oxygens (including phenoxy) is 10. The van der Waals surface area contributed by atoms with Crippen molar-refractivity contribution in [3.63, 3.8) is 0 Å². The van der Waals surface area contributed by atoms with E-state index in [-0.39, 0.29) is 16.7 Å². The molecular formula is C39H40O16. The van der Waals surface area contributed by atoms with Crippen LogP contribution in [0.3, 0.4) is 0 Å². The van der Waals surface area contributed by atoms with E-state index in [1.165, 1.54) is 43.5 Å². The molecule has 16 heteroatoms. The monoisotopic (exact) mass is 764 g/mol. The van der Waals surface area contributed by atoms with Crippen molar-refractivity contribution in [2.45, 2.75) is 76.1 Å². The largest absolute Gasteiger partial charge is 0.456 e. The summed E-state index contributed by atoms with van der Waals surface area (Å²) in [6.07, 6.45) is -12.8. The van der Waals surface area contributed by atoms with Crippen molar-refractivity contribution >= 4 is 35.8 Å². The van der Waals surface area contributed by atoms with Crippen LogP contribution >= 0.6 is 0 Å². The minimum atomic E-state index is -1.59. The molecule has 5 rings (SSSR count). The summed E-state index contributed by atoms with van der Waals surface area (Å²) in [4.78, 5) is 76.9. The molecule has 3 aromatic rings. The van der Waals surface area contributed by atoms with Gasteiger partial charge in [0.1, 0.15) is 6.10 Å². The Kier molecular flexibility index (Phi) is 14.0. The zero-order valence-electron chi connectivity index (χ0n) is 30.3. The second-order valence-corrected chi connectivity index (χ2v) is 12.3. The van der Waals surface area contributed by atoms with Crippen molar-refractivity contribution in [3.8, 4) is 0 Å². The van der Waals surface area contributed by atoms with E-state index in [0.29, 0.717) is 0 Å². The number of hydrogen-bond donors (Lipinski definition) is 0. The van der Waals surface area contributed by atoms with E-state index in [9.17, 15) is 28.8 Å². The van der Waals surface area contributed by atoms with Crippen molar-refractivity contribution < 1.29 is 76.1 Å². The third-order valence-corrected chi connectivity index (χ3v) is 8.31. The Bertz CT molecular complexity index is 1780. The summed E-state index contributed by atoms with van der Waals surface area (Å²) in [7, 11) is 1.25. The molecule has 0 spiro atoms. The van der Waals surface area contributed by atoms with Crippen molar-refractivity contribution in [1.82, 2.24) is 0 Å². The molecule has 0 saturated carbocycles. The minimum absolute atomic E-state index is 0.131. The maximum Gasteiger partial charge on any atom is 0.338 e. The summed E-state index contributed by atoms with van der Waals surface area (Å²) in [5, 5.41) is 0. The van der Waals surface area contributed by atoms with Crippen LogP contribution in [0.25, 0.3) is 0 Å². The highest BCUT2D eigenvalue weighted by atomic mass is 16.8. The first-order valence-electron chi connectivity index (χ1n) is 17.2. The quantitative estimate of drug-likeness (QED) is 0.182. The Balaban J connectivity index is 1.48. The van der Waals surface area contributed by atoms with Crippen molar-refractivity contribution in [2.24, 2.45) is 0 Å². The van der Waals surface area contributed by atoms with E-state index in [1.807, 2.05) is 0 Å². The lowest BCUT2D eigenvalue weighted by molar-refractivity contribution is -0.319. The molecule has 55 heavy (non-hydrogen) atoms. The van der Waals surface area contributed by atoms with Crippen molar-refractivity contribution in [2.75, 3.05) is 20.3 Å². The number of methoxy groups -OCH3 is 1. The van der Waals surface area contributed by atoms with E-state index < -0.39 is 104 Å². The summed E-state index contributed by atoms with van der Waals surface area (Å²) in [6.45, 7) is 2.42. The summed E-state index contributed by atoms with van der Waals surface area (Å²) < 4.78 is 57.6.